The summed E-state index contributed by atoms with van der Waals surface area (Å²) in [5, 5.41) is 8.93. The summed E-state index contributed by atoms with van der Waals surface area (Å²) in [6.07, 6.45) is 3.13. The van der Waals surface area contributed by atoms with Crippen LogP contribution in [0.1, 0.15) is 21.6 Å². The monoisotopic (exact) mass is 244 g/mol. The zero-order chi connectivity index (χ0) is 13.1. The molecule has 0 amide bonds. The highest BCUT2D eigenvalue weighted by Gasteiger charge is 2.09. The molecule has 0 bridgehead atoms. The summed E-state index contributed by atoms with van der Waals surface area (Å²) in [6, 6.07) is 4.78. The van der Waals surface area contributed by atoms with Crippen LogP contribution < -0.4 is 4.74 Å². The summed E-state index contributed by atoms with van der Waals surface area (Å²) in [5.74, 6) is 0.0100. The van der Waals surface area contributed by atoms with E-state index in [2.05, 4.69) is 9.97 Å². The number of carbonyl (C=O) groups is 1. The van der Waals surface area contributed by atoms with Crippen molar-refractivity contribution in [1.82, 2.24) is 9.97 Å². The largest absolute Gasteiger partial charge is 0.478 e. The van der Waals surface area contributed by atoms with Crippen LogP contribution in [0.25, 0.3) is 0 Å². The minimum atomic E-state index is -0.949. The highest BCUT2D eigenvalue weighted by molar-refractivity contribution is 5.89. The van der Waals surface area contributed by atoms with Gasteiger partial charge in [0, 0.05) is 12.4 Å². The van der Waals surface area contributed by atoms with E-state index in [-0.39, 0.29) is 5.56 Å². The second kappa shape index (κ2) is 4.83. The average molecular weight is 244 g/mol. The molecule has 0 aliphatic heterocycles. The molecule has 0 aliphatic rings. The first-order valence-electron chi connectivity index (χ1n) is 5.37. The van der Waals surface area contributed by atoms with Crippen molar-refractivity contribution in [2.24, 2.45) is 0 Å². The van der Waals surface area contributed by atoms with Gasteiger partial charge in [0.15, 0.2) is 0 Å². The molecule has 5 nitrogen and oxygen atoms in total. The lowest BCUT2D eigenvalue weighted by Crippen LogP contribution is -2.00. The molecule has 1 N–H and O–H groups in total. The van der Waals surface area contributed by atoms with Crippen LogP contribution in [0, 0.1) is 13.8 Å². The van der Waals surface area contributed by atoms with Gasteiger partial charge in [0.2, 0.25) is 5.88 Å². The molecule has 0 spiro atoms. The van der Waals surface area contributed by atoms with E-state index in [0.717, 1.165) is 0 Å². The van der Waals surface area contributed by atoms with Gasteiger partial charge in [0.05, 0.1) is 11.3 Å². The van der Waals surface area contributed by atoms with Crippen LogP contribution >= 0.6 is 0 Å². The Kier molecular flexibility index (Phi) is 3.23. The molecule has 92 valence electrons. The molecule has 1 heterocycles. The van der Waals surface area contributed by atoms with Crippen molar-refractivity contribution in [1.29, 1.82) is 0 Å². The molecule has 0 atom stereocenters. The second-order valence-electron chi connectivity index (χ2n) is 3.83. The number of hydrogen-bond acceptors (Lipinski definition) is 4. The van der Waals surface area contributed by atoms with Crippen molar-refractivity contribution in [2.45, 2.75) is 13.8 Å². The number of carboxylic acids is 1. The van der Waals surface area contributed by atoms with Gasteiger partial charge in [-0.25, -0.2) is 9.78 Å². The van der Waals surface area contributed by atoms with E-state index in [4.69, 9.17) is 9.84 Å². The predicted molar refractivity (Wildman–Crippen MR) is 65.0 cm³/mol. The molecule has 18 heavy (non-hydrogen) atoms. The van der Waals surface area contributed by atoms with Gasteiger partial charge in [-0.15, -0.1) is 0 Å². The zero-order valence-electron chi connectivity index (χ0n) is 10.0. The van der Waals surface area contributed by atoms with Gasteiger partial charge in [-0.3, -0.25) is 4.98 Å². The molecule has 0 radical (unpaired) electrons. The highest BCUT2D eigenvalue weighted by atomic mass is 16.5. The van der Waals surface area contributed by atoms with Crippen LogP contribution in [0.4, 0.5) is 0 Å². The number of hydrogen-bond donors (Lipinski definition) is 1. The molecule has 0 fully saturated rings. The molecule has 2 rings (SSSR count). The van der Waals surface area contributed by atoms with Gasteiger partial charge < -0.3 is 9.84 Å². The lowest BCUT2D eigenvalue weighted by Gasteiger charge is -2.08. The topological polar surface area (TPSA) is 72.3 Å². The molecule has 0 saturated heterocycles. The van der Waals surface area contributed by atoms with E-state index < -0.39 is 5.97 Å². The maximum absolute atomic E-state index is 10.9. The number of aryl methyl sites for hydroxylation is 2. The van der Waals surface area contributed by atoms with Crippen molar-refractivity contribution < 1.29 is 14.6 Å². The highest BCUT2D eigenvalue weighted by Crippen LogP contribution is 2.23. The third-order valence-corrected chi connectivity index (χ3v) is 2.48. The number of aromatic nitrogens is 2. The summed E-state index contributed by atoms with van der Waals surface area (Å²) in [7, 11) is 0. The number of carboxylic acid groups (broad SMARTS) is 1. The van der Waals surface area contributed by atoms with Gasteiger partial charge in [-0.1, -0.05) is 0 Å². The van der Waals surface area contributed by atoms with Crippen LogP contribution in [0.15, 0.2) is 30.6 Å². The standard InChI is InChI=1S/C13H12N2O3/c1-8-7-10(3-4-11(8)13(16)17)18-12-9(2)14-5-6-15-12/h3-7H,1-2H3,(H,16,17). The van der Waals surface area contributed by atoms with Crippen molar-refractivity contribution in [3.8, 4) is 11.6 Å². The average Bonchev–Trinajstić information content (AvgIpc) is 2.32. The fourth-order valence-corrected chi connectivity index (χ4v) is 1.55. The number of benzene rings is 1. The summed E-state index contributed by atoms with van der Waals surface area (Å²) in [4.78, 5) is 19.0. The van der Waals surface area contributed by atoms with Crippen molar-refractivity contribution in [3.05, 3.63) is 47.4 Å². The maximum atomic E-state index is 10.9. The Hall–Kier alpha value is -2.43. The Labute approximate surface area is 104 Å². The molecular formula is C13H12N2O3. The first-order chi connectivity index (χ1) is 8.58. The van der Waals surface area contributed by atoms with E-state index in [1.165, 1.54) is 6.07 Å². The minimum Gasteiger partial charge on any atom is -0.478 e. The van der Waals surface area contributed by atoms with Crippen molar-refractivity contribution in [2.75, 3.05) is 0 Å². The Bertz CT molecular complexity index is 597. The van der Waals surface area contributed by atoms with Crippen LogP contribution in [0.3, 0.4) is 0 Å². The number of ether oxygens (including phenoxy) is 1. The van der Waals surface area contributed by atoms with Crippen LogP contribution in [0.2, 0.25) is 0 Å². The zero-order valence-corrected chi connectivity index (χ0v) is 10.0. The predicted octanol–water partition coefficient (Wildman–Crippen LogP) is 2.58. The van der Waals surface area contributed by atoms with Crippen molar-refractivity contribution in [3.63, 3.8) is 0 Å². The summed E-state index contributed by atoms with van der Waals surface area (Å²) >= 11 is 0. The van der Waals surface area contributed by atoms with E-state index in [1.54, 1.807) is 38.4 Å². The molecule has 0 saturated carbocycles. The SMILES string of the molecule is Cc1cc(Oc2nccnc2C)ccc1C(=O)O. The molecule has 1 aromatic carbocycles. The van der Waals surface area contributed by atoms with Crippen LogP contribution in [0.5, 0.6) is 11.6 Å². The third kappa shape index (κ3) is 2.45. The maximum Gasteiger partial charge on any atom is 0.335 e. The number of rotatable bonds is 3. The van der Waals surface area contributed by atoms with Crippen molar-refractivity contribution >= 4 is 5.97 Å². The molecule has 1 aromatic heterocycles. The van der Waals surface area contributed by atoms with Gasteiger partial charge in [0.1, 0.15) is 5.75 Å². The minimum absolute atomic E-state index is 0.262. The fourth-order valence-electron chi connectivity index (χ4n) is 1.55. The lowest BCUT2D eigenvalue weighted by atomic mass is 10.1. The van der Waals surface area contributed by atoms with Gasteiger partial charge in [-0.05, 0) is 37.6 Å². The summed E-state index contributed by atoms with van der Waals surface area (Å²) < 4.78 is 5.56. The van der Waals surface area contributed by atoms with E-state index >= 15 is 0 Å². The molecule has 0 unspecified atom stereocenters. The van der Waals surface area contributed by atoms with Crippen LogP contribution in [-0.2, 0) is 0 Å². The van der Waals surface area contributed by atoms with Crippen LogP contribution in [-0.4, -0.2) is 21.0 Å². The second-order valence-corrected chi connectivity index (χ2v) is 3.83. The fraction of sp³-hybridized carbons (Fsp3) is 0.154. The van der Waals surface area contributed by atoms with Gasteiger partial charge >= 0.3 is 5.97 Å². The Morgan fingerprint density at radius 1 is 1.22 bits per heavy atom. The molecule has 2 aromatic rings. The smallest absolute Gasteiger partial charge is 0.335 e. The van der Waals surface area contributed by atoms with E-state index in [1.807, 2.05) is 0 Å². The van der Waals surface area contributed by atoms with Gasteiger partial charge in [0.25, 0.3) is 0 Å². The number of aromatic carboxylic acids is 1. The van der Waals surface area contributed by atoms with E-state index in [0.29, 0.717) is 22.9 Å². The first kappa shape index (κ1) is 12.0. The van der Waals surface area contributed by atoms with Gasteiger partial charge in [-0.2, -0.15) is 0 Å². The molecular weight excluding hydrogens is 232 g/mol. The lowest BCUT2D eigenvalue weighted by molar-refractivity contribution is 0.0696. The van der Waals surface area contributed by atoms with E-state index in [9.17, 15) is 4.79 Å². The molecule has 5 heteroatoms. The quantitative estimate of drug-likeness (QED) is 0.898. The summed E-state index contributed by atoms with van der Waals surface area (Å²) in [5.41, 5.74) is 1.58. The molecule has 0 aliphatic carbocycles. The number of nitrogens with zero attached hydrogens (tertiary/aromatic N) is 2. The Balaban J connectivity index is 2.29. The normalized spacial score (nSPS) is 10.1. The first-order valence-corrected chi connectivity index (χ1v) is 5.37. The summed E-state index contributed by atoms with van der Waals surface area (Å²) in [6.45, 7) is 3.51. The Morgan fingerprint density at radius 2 is 1.94 bits per heavy atom. The Morgan fingerprint density at radius 3 is 2.56 bits per heavy atom. The third-order valence-electron chi connectivity index (χ3n) is 2.48.